The highest BCUT2D eigenvalue weighted by molar-refractivity contribution is 7.11. The van der Waals surface area contributed by atoms with Crippen molar-refractivity contribution in [1.29, 1.82) is 0 Å². The van der Waals surface area contributed by atoms with Crippen molar-refractivity contribution in [2.45, 2.75) is 52.5 Å². The highest BCUT2D eigenvalue weighted by atomic mass is 32.1. The standard InChI is InChI=1S/C16H29N3S/c1-13-5-8-19(9-6-13)10-7-17-11-14-12-18-15(20-14)16(2,3)4/h12-13,17H,5-11H2,1-4H3. The first-order chi connectivity index (χ1) is 9.45. The van der Waals surface area contributed by atoms with Crippen LogP contribution in [0.25, 0.3) is 0 Å². The largest absolute Gasteiger partial charge is 0.311 e. The molecule has 2 rings (SSSR count). The summed E-state index contributed by atoms with van der Waals surface area (Å²) in [7, 11) is 0. The van der Waals surface area contributed by atoms with Crippen LogP contribution < -0.4 is 5.32 Å². The summed E-state index contributed by atoms with van der Waals surface area (Å²) in [6.45, 7) is 14.8. The van der Waals surface area contributed by atoms with Crippen molar-refractivity contribution in [3.8, 4) is 0 Å². The third-order valence-electron chi connectivity index (χ3n) is 3.98. The normalized spacial score (nSPS) is 18.6. The zero-order chi connectivity index (χ0) is 14.6. The van der Waals surface area contributed by atoms with E-state index in [2.05, 4.69) is 42.9 Å². The third kappa shape index (κ3) is 4.83. The number of thiazole rings is 1. The summed E-state index contributed by atoms with van der Waals surface area (Å²) in [5.41, 5.74) is 0.174. The Hall–Kier alpha value is -0.450. The number of piperidine rings is 1. The maximum atomic E-state index is 4.53. The van der Waals surface area contributed by atoms with E-state index in [1.807, 2.05) is 17.5 Å². The molecule has 114 valence electrons. The Kier molecular flexibility index (Phi) is 5.58. The molecule has 0 aromatic carbocycles. The summed E-state index contributed by atoms with van der Waals surface area (Å²) in [6, 6.07) is 0. The molecule has 20 heavy (non-hydrogen) atoms. The molecule has 1 aliphatic heterocycles. The molecule has 0 spiro atoms. The summed E-state index contributed by atoms with van der Waals surface area (Å²) in [5, 5.41) is 4.79. The molecule has 3 nitrogen and oxygen atoms in total. The van der Waals surface area contributed by atoms with Crippen LogP contribution >= 0.6 is 11.3 Å². The van der Waals surface area contributed by atoms with E-state index < -0.39 is 0 Å². The molecule has 0 amide bonds. The lowest BCUT2D eigenvalue weighted by atomic mass is 9.98. The molecule has 0 aliphatic carbocycles. The number of hydrogen-bond acceptors (Lipinski definition) is 4. The van der Waals surface area contributed by atoms with Gasteiger partial charge in [-0.2, -0.15) is 0 Å². The predicted molar refractivity (Wildman–Crippen MR) is 87.4 cm³/mol. The van der Waals surface area contributed by atoms with Crippen LogP contribution in [0.4, 0.5) is 0 Å². The van der Waals surface area contributed by atoms with Gasteiger partial charge in [0, 0.05) is 36.1 Å². The second-order valence-corrected chi connectivity index (χ2v) is 8.20. The minimum atomic E-state index is 0.174. The molecule has 4 heteroatoms. The van der Waals surface area contributed by atoms with Gasteiger partial charge in [0.1, 0.15) is 0 Å². The van der Waals surface area contributed by atoms with Gasteiger partial charge in [-0.1, -0.05) is 27.7 Å². The average molecular weight is 295 g/mol. The molecule has 1 saturated heterocycles. The van der Waals surface area contributed by atoms with Crippen LogP contribution in [0, 0.1) is 5.92 Å². The van der Waals surface area contributed by atoms with Crippen molar-refractivity contribution in [2.75, 3.05) is 26.2 Å². The van der Waals surface area contributed by atoms with E-state index in [0.29, 0.717) is 0 Å². The van der Waals surface area contributed by atoms with Crippen LogP contribution in [0.15, 0.2) is 6.20 Å². The Bertz CT molecular complexity index is 400. The van der Waals surface area contributed by atoms with Crippen LogP contribution in [0.2, 0.25) is 0 Å². The average Bonchev–Trinajstić information content (AvgIpc) is 2.85. The van der Waals surface area contributed by atoms with E-state index in [1.165, 1.54) is 42.4 Å². The first-order valence-electron chi connectivity index (χ1n) is 7.83. The Morgan fingerprint density at radius 2 is 2.05 bits per heavy atom. The molecular weight excluding hydrogens is 266 g/mol. The first kappa shape index (κ1) is 15.9. The molecule has 0 unspecified atom stereocenters. The Balaban J connectivity index is 1.65. The van der Waals surface area contributed by atoms with Crippen molar-refractivity contribution in [3.05, 3.63) is 16.1 Å². The SMILES string of the molecule is CC1CCN(CCNCc2cnc(C(C)(C)C)s2)CC1. The summed E-state index contributed by atoms with van der Waals surface area (Å²) in [6.07, 6.45) is 4.76. The van der Waals surface area contributed by atoms with Gasteiger partial charge >= 0.3 is 0 Å². The molecule has 1 aromatic heterocycles. The number of rotatable bonds is 5. The fourth-order valence-electron chi connectivity index (χ4n) is 2.47. The third-order valence-corrected chi connectivity index (χ3v) is 5.40. The fourth-order valence-corrected chi connectivity index (χ4v) is 3.41. The Labute approximate surface area is 127 Å². The molecule has 1 fully saturated rings. The van der Waals surface area contributed by atoms with Gasteiger partial charge in [-0.3, -0.25) is 0 Å². The van der Waals surface area contributed by atoms with Crippen molar-refractivity contribution >= 4 is 11.3 Å². The second-order valence-electron chi connectivity index (χ2n) is 7.08. The molecule has 1 aliphatic rings. The zero-order valence-electron chi connectivity index (χ0n) is 13.4. The number of nitrogens with zero attached hydrogens (tertiary/aromatic N) is 2. The molecule has 1 N–H and O–H groups in total. The van der Waals surface area contributed by atoms with Gasteiger partial charge in [-0.25, -0.2) is 4.98 Å². The van der Waals surface area contributed by atoms with Gasteiger partial charge in [0.2, 0.25) is 0 Å². The Morgan fingerprint density at radius 3 is 2.65 bits per heavy atom. The van der Waals surface area contributed by atoms with Gasteiger partial charge < -0.3 is 10.2 Å². The van der Waals surface area contributed by atoms with Crippen LogP contribution in [-0.2, 0) is 12.0 Å². The smallest absolute Gasteiger partial charge is 0.0981 e. The Morgan fingerprint density at radius 1 is 1.35 bits per heavy atom. The monoisotopic (exact) mass is 295 g/mol. The molecule has 1 aromatic rings. The molecule has 0 bridgehead atoms. The summed E-state index contributed by atoms with van der Waals surface area (Å²) < 4.78 is 0. The van der Waals surface area contributed by atoms with E-state index in [0.717, 1.165) is 19.0 Å². The van der Waals surface area contributed by atoms with Gasteiger partial charge in [-0.15, -0.1) is 11.3 Å². The van der Waals surface area contributed by atoms with Gasteiger partial charge in [0.05, 0.1) is 5.01 Å². The van der Waals surface area contributed by atoms with Crippen molar-refractivity contribution in [2.24, 2.45) is 5.92 Å². The highest BCUT2D eigenvalue weighted by Crippen LogP contribution is 2.26. The van der Waals surface area contributed by atoms with Gasteiger partial charge in [-0.05, 0) is 31.8 Å². The molecule has 0 atom stereocenters. The summed E-state index contributed by atoms with van der Waals surface area (Å²) >= 11 is 1.84. The number of nitrogens with one attached hydrogen (secondary N) is 1. The van der Waals surface area contributed by atoms with Crippen molar-refractivity contribution in [1.82, 2.24) is 15.2 Å². The number of aromatic nitrogens is 1. The van der Waals surface area contributed by atoms with Crippen LogP contribution in [0.1, 0.15) is 50.4 Å². The van der Waals surface area contributed by atoms with Gasteiger partial charge in [0.15, 0.2) is 0 Å². The van der Waals surface area contributed by atoms with Crippen molar-refractivity contribution in [3.63, 3.8) is 0 Å². The lowest BCUT2D eigenvalue weighted by molar-refractivity contribution is 0.193. The zero-order valence-corrected chi connectivity index (χ0v) is 14.2. The maximum Gasteiger partial charge on any atom is 0.0981 e. The van der Waals surface area contributed by atoms with E-state index in [9.17, 15) is 0 Å². The maximum absolute atomic E-state index is 4.53. The van der Waals surface area contributed by atoms with E-state index in [-0.39, 0.29) is 5.41 Å². The van der Waals surface area contributed by atoms with Crippen molar-refractivity contribution < 1.29 is 0 Å². The van der Waals surface area contributed by atoms with Crippen LogP contribution in [0.5, 0.6) is 0 Å². The predicted octanol–water partition coefficient (Wildman–Crippen LogP) is 3.26. The van der Waals surface area contributed by atoms with Crippen LogP contribution in [-0.4, -0.2) is 36.1 Å². The quantitative estimate of drug-likeness (QED) is 0.845. The second kappa shape index (κ2) is 7.01. The summed E-state index contributed by atoms with van der Waals surface area (Å²) in [4.78, 5) is 8.47. The first-order valence-corrected chi connectivity index (χ1v) is 8.65. The number of likely N-dealkylation sites (tertiary alicyclic amines) is 1. The molecule has 0 saturated carbocycles. The van der Waals surface area contributed by atoms with E-state index in [1.54, 1.807) is 0 Å². The van der Waals surface area contributed by atoms with Gasteiger partial charge in [0.25, 0.3) is 0 Å². The molecule has 0 radical (unpaired) electrons. The van der Waals surface area contributed by atoms with E-state index >= 15 is 0 Å². The van der Waals surface area contributed by atoms with E-state index in [4.69, 9.17) is 0 Å². The lowest BCUT2D eigenvalue weighted by Gasteiger charge is -2.30. The summed E-state index contributed by atoms with van der Waals surface area (Å²) in [5.74, 6) is 0.923. The molecular formula is C16H29N3S. The lowest BCUT2D eigenvalue weighted by Crippen LogP contribution is -2.37. The topological polar surface area (TPSA) is 28.2 Å². The highest BCUT2D eigenvalue weighted by Gasteiger charge is 2.18. The minimum absolute atomic E-state index is 0.174. The number of hydrogen-bond donors (Lipinski definition) is 1. The van der Waals surface area contributed by atoms with Crippen LogP contribution in [0.3, 0.4) is 0 Å². The fraction of sp³-hybridized carbons (Fsp3) is 0.812. The molecule has 2 heterocycles. The minimum Gasteiger partial charge on any atom is -0.311 e.